The maximum Gasteiger partial charge on any atom is 0.0635 e. The molecule has 0 heterocycles. The van der Waals surface area contributed by atoms with E-state index in [1.165, 1.54) is 21.5 Å². The molecule has 104 valence electrons. The minimum atomic E-state index is 0.993. The highest BCUT2D eigenvalue weighted by Crippen LogP contribution is 2.28. The average Bonchev–Trinajstić information content (AvgIpc) is 2.45. The molecule has 0 saturated carbocycles. The molecule has 0 aliphatic rings. The molecule has 21 heavy (non-hydrogen) atoms. The van der Waals surface area contributed by atoms with E-state index < -0.39 is 0 Å². The van der Waals surface area contributed by atoms with Gasteiger partial charge >= 0.3 is 0 Å². The fourth-order valence-corrected chi connectivity index (χ4v) is 2.53. The molecular weight excluding hydrogens is 256 g/mol. The van der Waals surface area contributed by atoms with Crippen LogP contribution in [0.15, 0.2) is 58.5 Å². The summed E-state index contributed by atoms with van der Waals surface area (Å²) in [5.41, 5.74) is 3.07. The molecule has 0 fully saturated rings. The van der Waals surface area contributed by atoms with Crippen molar-refractivity contribution < 1.29 is 0 Å². The third kappa shape index (κ3) is 2.84. The third-order valence-electron chi connectivity index (χ3n) is 3.39. The lowest BCUT2D eigenvalue weighted by atomic mass is 10.0. The Morgan fingerprint density at radius 3 is 1.90 bits per heavy atom. The van der Waals surface area contributed by atoms with Crippen LogP contribution in [-0.4, -0.2) is 11.9 Å². The van der Waals surface area contributed by atoms with Crippen LogP contribution in [0.25, 0.3) is 21.5 Å². The van der Waals surface area contributed by atoms with Gasteiger partial charge in [0.25, 0.3) is 0 Å². The monoisotopic (exact) mass is 274 g/mol. The Balaban J connectivity index is 2.19. The van der Waals surface area contributed by atoms with Gasteiger partial charge in [-0.15, -0.1) is 0 Å². The standard InChI is InChI=1S/C19H18N2/c1-4-20-18-7-5-14-10-17-12-19(21-13(2)3)8-6-15(17)9-16(14)11-18/h4-12H,1-3H3. The van der Waals surface area contributed by atoms with Crippen LogP contribution in [0.4, 0.5) is 11.4 Å². The van der Waals surface area contributed by atoms with E-state index >= 15 is 0 Å². The van der Waals surface area contributed by atoms with Crippen molar-refractivity contribution in [1.29, 1.82) is 0 Å². The largest absolute Gasteiger partial charge is 0.262 e. The fourth-order valence-electron chi connectivity index (χ4n) is 2.53. The van der Waals surface area contributed by atoms with Crippen LogP contribution in [0.1, 0.15) is 20.8 Å². The lowest BCUT2D eigenvalue weighted by molar-refractivity contribution is 1.49. The first-order chi connectivity index (χ1) is 10.2. The van der Waals surface area contributed by atoms with Crippen molar-refractivity contribution in [2.75, 3.05) is 0 Å². The molecule has 0 radical (unpaired) electrons. The molecule has 0 aromatic heterocycles. The molecule has 2 heteroatoms. The van der Waals surface area contributed by atoms with Crippen LogP contribution < -0.4 is 0 Å². The first-order valence-electron chi connectivity index (χ1n) is 7.14. The van der Waals surface area contributed by atoms with Crippen LogP contribution >= 0.6 is 0 Å². The average molecular weight is 274 g/mol. The van der Waals surface area contributed by atoms with Gasteiger partial charge in [-0.3, -0.25) is 9.98 Å². The highest BCUT2D eigenvalue weighted by Gasteiger charge is 2.01. The van der Waals surface area contributed by atoms with Gasteiger partial charge in [0.15, 0.2) is 0 Å². The van der Waals surface area contributed by atoms with Gasteiger partial charge < -0.3 is 0 Å². The third-order valence-corrected chi connectivity index (χ3v) is 3.39. The second-order valence-corrected chi connectivity index (χ2v) is 5.36. The Morgan fingerprint density at radius 1 is 0.762 bits per heavy atom. The first kappa shape index (κ1) is 13.5. The van der Waals surface area contributed by atoms with Gasteiger partial charge in [-0.2, -0.15) is 0 Å². The summed E-state index contributed by atoms with van der Waals surface area (Å²) in [4.78, 5) is 8.87. The summed E-state index contributed by atoms with van der Waals surface area (Å²) in [6, 6.07) is 17.1. The van der Waals surface area contributed by atoms with Crippen molar-refractivity contribution >= 4 is 44.8 Å². The molecule has 0 spiro atoms. The molecule has 0 saturated heterocycles. The summed E-state index contributed by atoms with van der Waals surface area (Å²) >= 11 is 0. The topological polar surface area (TPSA) is 24.7 Å². The molecule has 3 rings (SSSR count). The predicted octanol–water partition coefficient (Wildman–Crippen LogP) is 5.83. The van der Waals surface area contributed by atoms with E-state index in [0.717, 1.165) is 17.1 Å². The van der Waals surface area contributed by atoms with Crippen molar-refractivity contribution in [1.82, 2.24) is 0 Å². The van der Waals surface area contributed by atoms with Crippen LogP contribution in [0.3, 0.4) is 0 Å². The quantitative estimate of drug-likeness (QED) is 0.415. The maximum absolute atomic E-state index is 4.53. The molecule has 0 bridgehead atoms. The van der Waals surface area contributed by atoms with Crippen LogP contribution in [0.2, 0.25) is 0 Å². The van der Waals surface area contributed by atoms with Crippen molar-refractivity contribution in [3.8, 4) is 0 Å². The highest BCUT2D eigenvalue weighted by molar-refractivity contribution is 6.00. The summed E-state index contributed by atoms with van der Waals surface area (Å²) in [5, 5.41) is 4.89. The lowest BCUT2D eigenvalue weighted by Crippen LogP contribution is -1.80. The molecule has 3 aromatic carbocycles. The zero-order valence-electron chi connectivity index (χ0n) is 12.6. The number of aliphatic imine (C=N–C) groups is 2. The second-order valence-electron chi connectivity index (χ2n) is 5.36. The first-order valence-corrected chi connectivity index (χ1v) is 7.14. The molecular formula is C19H18N2. The summed E-state index contributed by atoms with van der Waals surface area (Å²) < 4.78 is 0. The van der Waals surface area contributed by atoms with Gasteiger partial charge in [0, 0.05) is 11.9 Å². The predicted molar refractivity (Wildman–Crippen MR) is 93.7 cm³/mol. The molecule has 0 amide bonds. The van der Waals surface area contributed by atoms with Crippen molar-refractivity contribution in [2.24, 2.45) is 9.98 Å². The Kier molecular flexibility index (Phi) is 3.53. The molecule has 0 aliphatic heterocycles. The van der Waals surface area contributed by atoms with E-state index in [-0.39, 0.29) is 0 Å². The minimum Gasteiger partial charge on any atom is -0.262 e. The number of hydrogen-bond donors (Lipinski definition) is 0. The maximum atomic E-state index is 4.53. The Morgan fingerprint density at radius 2 is 1.33 bits per heavy atom. The van der Waals surface area contributed by atoms with E-state index in [0.29, 0.717) is 0 Å². The van der Waals surface area contributed by atoms with E-state index in [4.69, 9.17) is 0 Å². The number of rotatable bonds is 2. The second kappa shape index (κ2) is 5.49. The van der Waals surface area contributed by atoms with E-state index in [2.05, 4.69) is 52.4 Å². The molecule has 0 aliphatic carbocycles. The smallest absolute Gasteiger partial charge is 0.0635 e. The SMILES string of the molecule is CC=Nc1ccc2cc3cc(N=C(C)C)ccc3cc2c1. The number of benzene rings is 3. The lowest BCUT2D eigenvalue weighted by Gasteiger charge is -2.05. The van der Waals surface area contributed by atoms with Gasteiger partial charge in [-0.05, 0) is 78.7 Å². The number of hydrogen-bond acceptors (Lipinski definition) is 2. The van der Waals surface area contributed by atoms with Gasteiger partial charge in [-0.25, -0.2) is 0 Å². The Labute approximate surface area is 124 Å². The van der Waals surface area contributed by atoms with Crippen molar-refractivity contribution in [2.45, 2.75) is 20.8 Å². The molecule has 3 aromatic rings. The van der Waals surface area contributed by atoms with Gasteiger partial charge in [0.05, 0.1) is 11.4 Å². The molecule has 0 N–H and O–H groups in total. The zero-order chi connectivity index (χ0) is 14.8. The summed E-state index contributed by atoms with van der Waals surface area (Å²) in [6.07, 6.45) is 1.82. The van der Waals surface area contributed by atoms with Crippen LogP contribution in [-0.2, 0) is 0 Å². The van der Waals surface area contributed by atoms with E-state index in [1.54, 1.807) is 0 Å². The fraction of sp³-hybridized carbons (Fsp3) is 0.158. The Bertz CT molecular complexity index is 869. The minimum absolute atomic E-state index is 0.993. The summed E-state index contributed by atoms with van der Waals surface area (Å²) in [7, 11) is 0. The normalized spacial score (nSPS) is 11.4. The van der Waals surface area contributed by atoms with E-state index in [1.807, 2.05) is 33.1 Å². The van der Waals surface area contributed by atoms with Gasteiger partial charge in [0.2, 0.25) is 0 Å². The van der Waals surface area contributed by atoms with Crippen molar-refractivity contribution in [3.63, 3.8) is 0 Å². The number of fused-ring (bicyclic) bond motifs is 2. The molecule has 2 nitrogen and oxygen atoms in total. The Hall–Kier alpha value is -2.48. The summed E-state index contributed by atoms with van der Waals surface area (Å²) in [5.74, 6) is 0. The zero-order valence-corrected chi connectivity index (χ0v) is 12.6. The number of nitrogens with zero attached hydrogens (tertiary/aromatic N) is 2. The van der Waals surface area contributed by atoms with Crippen LogP contribution in [0.5, 0.6) is 0 Å². The van der Waals surface area contributed by atoms with Gasteiger partial charge in [-0.1, -0.05) is 12.1 Å². The van der Waals surface area contributed by atoms with Crippen LogP contribution in [0, 0.1) is 0 Å². The summed E-state index contributed by atoms with van der Waals surface area (Å²) in [6.45, 7) is 5.96. The molecule has 0 unspecified atom stereocenters. The molecule has 0 atom stereocenters. The van der Waals surface area contributed by atoms with Crippen molar-refractivity contribution in [3.05, 3.63) is 48.5 Å². The van der Waals surface area contributed by atoms with E-state index in [9.17, 15) is 0 Å². The highest BCUT2D eigenvalue weighted by atomic mass is 14.7. The van der Waals surface area contributed by atoms with Gasteiger partial charge in [0.1, 0.15) is 0 Å².